The molecule has 15 heavy (non-hydrogen) atoms. The normalized spacial score (nSPS) is 19.3. The zero-order chi connectivity index (χ0) is 10.9. The van der Waals surface area contributed by atoms with E-state index in [1.165, 1.54) is 0 Å². The van der Waals surface area contributed by atoms with E-state index in [9.17, 15) is 4.79 Å². The molecule has 1 saturated carbocycles. The highest BCUT2D eigenvalue weighted by Gasteiger charge is 2.46. The summed E-state index contributed by atoms with van der Waals surface area (Å²) in [5, 5.41) is 2.93. The largest absolute Gasteiger partial charge is 0.348 e. The fraction of sp³-hybridized carbons (Fsp3) is 0.417. The predicted molar refractivity (Wildman–Crippen MR) is 59.2 cm³/mol. The maximum absolute atomic E-state index is 11.7. The van der Waals surface area contributed by atoms with Gasteiger partial charge < -0.3 is 11.1 Å². The predicted octanol–water partition coefficient (Wildman–Crippen LogP) is 1.36. The third-order valence-corrected chi connectivity index (χ3v) is 2.89. The van der Waals surface area contributed by atoms with Crippen molar-refractivity contribution in [1.29, 1.82) is 0 Å². The number of hydrogen-bond donors (Lipinski definition) is 2. The van der Waals surface area contributed by atoms with Crippen LogP contribution in [0.25, 0.3) is 0 Å². The summed E-state index contributed by atoms with van der Waals surface area (Å²) in [6.07, 6.45) is 1.61. The van der Waals surface area contributed by atoms with Crippen LogP contribution in [0.3, 0.4) is 0 Å². The maximum atomic E-state index is 11.7. The molecule has 1 aliphatic rings. The molecule has 0 spiro atoms. The summed E-state index contributed by atoms with van der Waals surface area (Å²) >= 11 is 0. The Morgan fingerprint density at radius 3 is 2.53 bits per heavy atom. The molecule has 1 unspecified atom stereocenters. The molecule has 1 aromatic carbocycles. The molecule has 1 aliphatic carbocycles. The number of nitrogens with one attached hydrogen (secondary N) is 1. The first kappa shape index (κ1) is 10.2. The Hall–Kier alpha value is -1.35. The van der Waals surface area contributed by atoms with Gasteiger partial charge in [0, 0.05) is 0 Å². The van der Waals surface area contributed by atoms with Crippen LogP contribution >= 0.6 is 0 Å². The van der Waals surface area contributed by atoms with Crippen molar-refractivity contribution in [2.75, 3.05) is 0 Å². The number of benzene rings is 1. The summed E-state index contributed by atoms with van der Waals surface area (Å²) in [5.74, 6) is -0.0288. The zero-order valence-electron chi connectivity index (χ0n) is 8.86. The van der Waals surface area contributed by atoms with Crippen molar-refractivity contribution >= 4 is 5.91 Å². The van der Waals surface area contributed by atoms with E-state index in [2.05, 4.69) is 5.32 Å². The van der Waals surface area contributed by atoms with Crippen LogP contribution in [0.15, 0.2) is 30.3 Å². The molecule has 1 atom stereocenters. The van der Waals surface area contributed by atoms with Crippen LogP contribution in [-0.4, -0.2) is 11.4 Å². The van der Waals surface area contributed by atoms with Gasteiger partial charge in [-0.3, -0.25) is 4.79 Å². The molecule has 0 heterocycles. The van der Waals surface area contributed by atoms with Crippen molar-refractivity contribution in [3.05, 3.63) is 35.9 Å². The van der Waals surface area contributed by atoms with Crippen molar-refractivity contribution in [3.63, 3.8) is 0 Å². The van der Waals surface area contributed by atoms with E-state index >= 15 is 0 Å². The lowest BCUT2D eigenvalue weighted by molar-refractivity contribution is -0.123. The topological polar surface area (TPSA) is 55.1 Å². The summed E-state index contributed by atoms with van der Waals surface area (Å²) in [6.45, 7) is 1.97. The van der Waals surface area contributed by atoms with Gasteiger partial charge >= 0.3 is 0 Å². The minimum atomic E-state index is -0.580. The molecule has 0 saturated heterocycles. The van der Waals surface area contributed by atoms with Gasteiger partial charge in [0.25, 0.3) is 0 Å². The Morgan fingerprint density at radius 1 is 1.40 bits per heavy atom. The van der Waals surface area contributed by atoms with Gasteiger partial charge in [-0.1, -0.05) is 30.3 Å². The second-order valence-corrected chi connectivity index (χ2v) is 4.26. The second-order valence-electron chi connectivity index (χ2n) is 4.26. The number of rotatable bonds is 3. The van der Waals surface area contributed by atoms with Crippen molar-refractivity contribution in [3.8, 4) is 0 Å². The van der Waals surface area contributed by atoms with Crippen molar-refractivity contribution in [2.24, 2.45) is 5.73 Å². The Morgan fingerprint density at radius 2 is 2.00 bits per heavy atom. The molecule has 0 radical (unpaired) electrons. The molecular weight excluding hydrogens is 188 g/mol. The van der Waals surface area contributed by atoms with Gasteiger partial charge in [-0.05, 0) is 25.3 Å². The van der Waals surface area contributed by atoms with Gasteiger partial charge in [0.1, 0.15) is 0 Å². The number of carbonyl (C=O) groups is 1. The Kier molecular flexibility index (Phi) is 2.49. The number of hydrogen-bond acceptors (Lipinski definition) is 2. The monoisotopic (exact) mass is 204 g/mol. The molecule has 0 aliphatic heterocycles. The van der Waals surface area contributed by atoms with Crippen molar-refractivity contribution in [1.82, 2.24) is 5.32 Å². The quantitative estimate of drug-likeness (QED) is 0.781. The van der Waals surface area contributed by atoms with Gasteiger partial charge in [-0.25, -0.2) is 0 Å². The number of nitrogens with two attached hydrogens (primary N) is 1. The standard InChI is InChI=1S/C12H16N2O/c1-9(10-5-3-2-4-6-10)14-11(15)12(13)7-8-12/h2-6,9H,7-8,13H2,1H3,(H,14,15). The highest BCUT2D eigenvalue weighted by atomic mass is 16.2. The molecule has 1 fully saturated rings. The van der Waals surface area contributed by atoms with Gasteiger partial charge in [-0.15, -0.1) is 0 Å². The molecule has 80 valence electrons. The summed E-state index contributed by atoms with van der Waals surface area (Å²) in [7, 11) is 0. The third-order valence-electron chi connectivity index (χ3n) is 2.89. The van der Waals surface area contributed by atoms with Crippen LogP contribution in [0.1, 0.15) is 31.4 Å². The van der Waals surface area contributed by atoms with E-state index in [4.69, 9.17) is 5.73 Å². The first-order valence-electron chi connectivity index (χ1n) is 5.27. The minimum absolute atomic E-state index is 0.0275. The number of carbonyl (C=O) groups excluding carboxylic acids is 1. The fourth-order valence-corrected chi connectivity index (χ4v) is 1.53. The average Bonchev–Trinajstić information content (AvgIpc) is 2.99. The lowest BCUT2D eigenvalue weighted by Gasteiger charge is -2.17. The Balaban J connectivity index is 1.98. The van der Waals surface area contributed by atoms with Crippen LogP contribution in [0.4, 0.5) is 0 Å². The van der Waals surface area contributed by atoms with Crippen LogP contribution in [0.2, 0.25) is 0 Å². The van der Waals surface area contributed by atoms with E-state index in [-0.39, 0.29) is 11.9 Å². The van der Waals surface area contributed by atoms with Gasteiger partial charge in [0.05, 0.1) is 11.6 Å². The molecule has 1 aromatic rings. The molecule has 3 N–H and O–H groups in total. The van der Waals surface area contributed by atoms with E-state index < -0.39 is 5.54 Å². The zero-order valence-corrected chi connectivity index (χ0v) is 8.86. The first-order chi connectivity index (χ1) is 7.12. The minimum Gasteiger partial charge on any atom is -0.348 e. The molecule has 0 bridgehead atoms. The smallest absolute Gasteiger partial charge is 0.240 e. The van der Waals surface area contributed by atoms with E-state index in [1.807, 2.05) is 37.3 Å². The van der Waals surface area contributed by atoms with Crippen LogP contribution in [-0.2, 0) is 4.79 Å². The van der Waals surface area contributed by atoms with Crippen molar-refractivity contribution in [2.45, 2.75) is 31.3 Å². The molecule has 2 rings (SSSR count). The number of amides is 1. The molecule has 3 heteroatoms. The highest BCUT2D eigenvalue weighted by Crippen LogP contribution is 2.32. The summed E-state index contributed by atoms with van der Waals surface area (Å²) in [6, 6.07) is 9.92. The third kappa shape index (κ3) is 2.18. The molecule has 0 aromatic heterocycles. The molecular formula is C12H16N2O. The lowest BCUT2D eigenvalue weighted by Crippen LogP contribution is -2.43. The maximum Gasteiger partial charge on any atom is 0.240 e. The summed E-state index contributed by atoms with van der Waals surface area (Å²) in [5.41, 5.74) is 6.33. The van der Waals surface area contributed by atoms with Crippen molar-refractivity contribution < 1.29 is 4.79 Å². The lowest BCUT2D eigenvalue weighted by atomic mass is 10.1. The molecule has 1 amide bonds. The van der Waals surface area contributed by atoms with Crippen LogP contribution in [0.5, 0.6) is 0 Å². The van der Waals surface area contributed by atoms with E-state index in [0.29, 0.717) is 0 Å². The van der Waals surface area contributed by atoms with Crippen LogP contribution < -0.4 is 11.1 Å². The fourth-order valence-electron chi connectivity index (χ4n) is 1.53. The SMILES string of the molecule is CC(NC(=O)C1(N)CC1)c1ccccc1. The first-order valence-corrected chi connectivity index (χ1v) is 5.27. The van der Waals surface area contributed by atoms with Crippen LogP contribution in [0, 0.1) is 0 Å². The van der Waals surface area contributed by atoms with E-state index in [1.54, 1.807) is 0 Å². The van der Waals surface area contributed by atoms with Gasteiger partial charge in [0.15, 0.2) is 0 Å². The highest BCUT2D eigenvalue weighted by molar-refractivity contribution is 5.89. The Bertz CT molecular complexity index is 357. The summed E-state index contributed by atoms with van der Waals surface area (Å²) in [4.78, 5) is 11.7. The van der Waals surface area contributed by atoms with Gasteiger partial charge in [-0.2, -0.15) is 0 Å². The molecule has 3 nitrogen and oxygen atoms in total. The average molecular weight is 204 g/mol. The summed E-state index contributed by atoms with van der Waals surface area (Å²) < 4.78 is 0. The Labute approximate surface area is 89.7 Å². The van der Waals surface area contributed by atoms with E-state index in [0.717, 1.165) is 18.4 Å². The van der Waals surface area contributed by atoms with Gasteiger partial charge in [0.2, 0.25) is 5.91 Å². The second kappa shape index (κ2) is 3.66.